The van der Waals surface area contributed by atoms with Crippen LogP contribution >= 0.6 is 0 Å². The molecule has 20 heavy (non-hydrogen) atoms. The Bertz CT molecular complexity index is 351. The normalized spacial score (nSPS) is 12.6. The predicted molar refractivity (Wildman–Crippen MR) is 87.2 cm³/mol. The molecule has 0 radical (unpaired) electrons. The Hall–Kier alpha value is -1.22. The van der Waals surface area contributed by atoms with E-state index in [0.29, 0.717) is 6.04 Å². The van der Waals surface area contributed by atoms with Gasteiger partial charge in [0.2, 0.25) is 0 Å². The van der Waals surface area contributed by atoms with Crippen LogP contribution in [0.25, 0.3) is 0 Å². The quantitative estimate of drug-likeness (QED) is 0.520. The lowest BCUT2D eigenvalue weighted by atomic mass is 10.2. The Labute approximate surface area is 124 Å². The third kappa shape index (κ3) is 6.29. The van der Waals surface area contributed by atoms with Gasteiger partial charge in [0.25, 0.3) is 0 Å². The first kappa shape index (κ1) is 16.8. The summed E-state index contributed by atoms with van der Waals surface area (Å²) in [6.45, 7) is 9.91. The second-order valence-corrected chi connectivity index (χ2v) is 5.42. The third-order valence-corrected chi connectivity index (χ3v) is 3.75. The molecule has 1 atom stereocenters. The van der Waals surface area contributed by atoms with Crippen molar-refractivity contribution in [1.82, 2.24) is 4.90 Å². The second-order valence-electron chi connectivity index (χ2n) is 5.42. The first-order valence-corrected chi connectivity index (χ1v) is 7.89. The lowest BCUT2D eigenvalue weighted by molar-refractivity contribution is 0.182. The van der Waals surface area contributed by atoms with E-state index in [1.165, 1.54) is 25.8 Å². The van der Waals surface area contributed by atoms with Crippen molar-refractivity contribution in [2.75, 3.05) is 25.4 Å². The maximum atomic E-state index is 5.75. The summed E-state index contributed by atoms with van der Waals surface area (Å²) < 4.78 is 5.75. The fraction of sp³-hybridized carbons (Fsp3) is 0.647. The van der Waals surface area contributed by atoms with Crippen LogP contribution in [0.4, 0.5) is 5.69 Å². The number of hydrogen-bond donors (Lipinski definition) is 1. The number of nitrogens with zero attached hydrogens (tertiary/aromatic N) is 1. The highest BCUT2D eigenvalue weighted by atomic mass is 16.5. The lowest BCUT2D eigenvalue weighted by Crippen LogP contribution is -2.35. The molecule has 0 aliphatic heterocycles. The molecular weight excluding hydrogens is 248 g/mol. The summed E-state index contributed by atoms with van der Waals surface area (Å²) in [6.07, 6.45) is 4.82. The van der Waals surface area contributed by atoms with E-state index in [2.05, 4.69) is 25.7 Å². The number of hydrogen-bond acceptors (Lipinski definition) is 3. The lowest BCUT2D eigenvalue weighted by Gasteiger charge is -2.28. The highest BCUT2D eigenvalue weighted by Crippen LogP contribution is 2.13. The molecule has 1 aromatic carbocycles. The average molecular weight is 278 g/mol. The molecule has 1 rings (SSSR count). The van der Waals surface area contributed by atoms with Crippen LogP contribution in [0.1, 0.15) is 46.5 Å². The van der Waals surface area contributed by atoms with Crippen molar-refractivity contribution >= 4 is 5.69 Å². The summed E-state index contributed by atoms with van der Waals surface area (Å²) in [5, 5.41) is 0. The minimum atomic E-state index is 0.665. The Kier molecular flexibility index (Phi) is 8.12. The Balaban J connectivity index is 2.27. The van der Waals surface area contributed by atoms with Gasteiger partial charge in [0.1, 0.15) is 5.75 Å². The second kappa shape index (κ2) is 9.65. The van der Waals surface area contributed by atoms with Gasteiger partial charge < -0.3 is 15.4 Å². The van der Waals surface area contributed by atoms with Crippen LogP contribution in [0.15, 0.2) is 24.3 Å². The fourth-order valence-corrected chi connectivity index (χ4v) is 2.19. The molecule has 2 N–H and O–H groups in total. The Morgan fingerprint density at radius 2 is 1.75 bits per heavy atom. The molecule has 0 bridgehead atoms. The van der Waals surface area contributed by atoms with Gasteiger partial charge in [-0.05, 0) is 57.0 Å². The van der Waals surface area contributed by atoms with Crippen LogP contribution < -0.4 is 10.5 Å². The minimum Gasteiger partial charge on any atom is -0.494 e. The topological polar surface area (TPSA) is 38.5 Å². The van der Waals surface area contributed by atoms with E-state index in [4.69, 9.17) is 10.5 Å². The van der Waals surface area contributed by atoms with Crippen molar-refractivity contribution in [3.63, 3.8) is 0 Å². The van der Waals surface area contributed by atoms with Gasteiger partial charge in [-0.3, -0.25) is 0 Å². The van der Waals surface area contributed by atoms with Gasteiger partial charge in [-0.1, -0.05) is 20.3 Å². The highest BCUT2D eigenvalue weighted by Gasteiger charge is 2.10. The molecule has 0 aliphatic carbocycles. The van der Waals surface area contributed by atoms with Crippen molar-refractivity contribution in [3.05, 3.63) is 24.3 Å². The van der Waals surface area contributed by atoms with Crippen molar-refractivity contribution in [3.8, 4) is 5.75 Å². The van der Waals surface area contributed by atoms with E-state index in [0.717, 1.165) is 31.0 Å². The average Bonchev–Trinajstić information content (AvgIpc) is 2.47. The predicted octanol–water partition coefficient (Wildman–Crippen LogP) is 3.94. The summed E-state index contributed by atoms with van der Waals surface area (Å²) in [5.74, 6) is 0.905. The van der Waals surface area contributed by atoms with Gasteiger partial charge in [-0.2, -0.15) is 0 Å². The SMILES string of the molecule is CCCCN(CCCOc1ccc(N)cc1)C(C)CC. The van der Waals surface area contributed by atoms with Crippen LogP contribution in [0.3, 0.4) is 0 Å². The number of rotatable bonds is 10. The van der Waals surface area contributed by atoms with Crippen LogP contribution in [-0.4, -0.2) is 30.6 Å². The molecule has 0 heterocycles. The largest absolute Gasteiger partial charge is 0.494 e. The highest BCUT2D eigenvalue weighted by molar-refractivity contribution is 5.41. The summed E-state index contributed by atoms with van der Waals surface area (Å²) in [5.41, 5.74) is 6.43. The van der Waals surface area contributed by atoms with E-state index >= 15 is 0 Å². The van der Waals surface area contributed by atoms with Crippen LogP contribution in [0.2, 0.25) is 0 Å². The van der Waals surface area contributed by atoms with E-state index in [1.807, 2.05) is 24.3 Å². The van der Waals surface area contributed by atoms with Crippen LogP contribution in [-0.2, 0) is 0 Å². The molecule has 0 aromatic heterocycles. The molecule has 0 aliphatic rings. The van der Waals surface area contributed by atoms with E-state index in [9.17, 15) is 0 Å². The van der Waals surface area contributed by atoms with Crippen LogP contribution in [0.5, 0.6) is 5.75 Å². The summed E-state index contributed by atoms with van der Waals surface area (Å²) in [6, 6.07) is 8.28. The van der Waals surface area contributed by atoms with Crippen molar-refractivity contribution in [1.29, 1.82) is 0 Å². The Morgan fingerprint density at radius 3 is 2.35 bits per heavy atom. The monoisotopic (exact) mass is 278 g/mol. The first-order chi connectivity index (χ1) is 9.67. The standard InChI is InChI=1S/C17H30N2O/c1-4-6-12-19(15(3)5-2)13-7-14-20-17-10-8-16(18)9-11-17/h8-11,15H,4-7,12-14,18H2,1-3H3. The van der Waals surface area contributed by atoms with Gasteiger partial charge >= 0.3 is 0 Å². The number of benzene rings is 1. The molecule has 1 aromatic rings. The van der Waals surface area contributed by atoms with Gasteiger partial charge in [-0.15, -0.1) is 0 Å². The smallest absolute Gasteiger partial charge is 0.119 e. The fourth-order valence-electron chi connectivity index (χ4n) is 2.19. The zero-order valence-corrected chi connectivity index (χ0v) is 13.3. The third-order valence-electron chi connectivity index (χ3n) is 3.75. The zero-order chi connectivity index (χ0) is 14.8. The van der Waals surface area contributed by atoms with E-state index < -0.39 is 0 Å². The van der Waals surface area contributed by atoms with Crippen LogP contribution in [0, 0.1) is 0 Å². The summed E-state index contributed by atoms with van der Waals surface area (Å²) in [7, 11) is 0. The summed E-state index contributed by atoms with van der Waals surface area (Å²) >= 11 is 0. The van der Waals surface area contributed by atoms with Crippen molar-refractivity contribution in [2.45, 2.75) is 52.5 Å². The maximum Gasteiger partial charge on any atom is 0.119 e. The number of anilines is 1. The maximum absolute atomic E-state index is 5.75. The molecule has 3 nitrogen and oxygen atoms in total. The summed E-state index contributed by atoms with van der Waals surface area (Å²) in [4.78, 5) is 2.58. The minimum absolute atomic E-state index is 0.665. The van der Waals surface area contributed by atoms with E-state index in [1.54, 1.807) is 0 Å². The molecule has 0 saturated heterocycles. The molecule has 0 fully saturated rings. The molecular formula is C17H30N2O. The van der Waals surface area contributed by atoms with Crippen molar-refractivity contribution in [2.24, 2.45) is 0 Å². The molecule has 0 amide bonds. The first-order valence-electron chi connectivity index (χ1n) is 7.89. The molecule has 3 heteroatoms. The molecule has 0 spiro atoms. The zero-order valence-electron chi connectivity index (χ0n) is 13.3. The molecule has 114 valence electrons. The molecule has 0 saturated carbocycles. The van der Waals surface area contributed by atoms with Crippen molar-refractivity contribution < 1.29 is 4.74 Å². The number of unbranched alkanes of at least 4 members (excludes halogenated alkanes) is 1. The number of nitrogens with two attached hydrogens (primary N) is 1. The molecule has 1 unspecified atom stereocenters. The van der Waals surface area contributed by atoms with Gasteiger partial charge in [-0.25, -0.2) is 0 Å². The van der Waals surface area contributed by atoms with Gasteiger partial charge in [0, 0.05) is 18.3 Å². The number of ether oxygens (including phenoxy) is 1. The number of nitrogen functional groups attached to an aromatic ring is 1. The van der Waals surface area contributed by atoms with Gasteiger partial charge in [0.05, 0.1) is 6.61 Å². The Morgan fingerprint density at radius 1 is 1.10 bits per heavy atom. The van der Waals surface area contributed by atoms with Gasteiger partial charge in [0.15, 0.2) is 0 Å². The van der Waals surface area contributed by atoms with E-state index in [-0.39, 0.29) is 0 Å².